The van der Waals surface area contributed by atoms with Crippen molar-refractivity contribution >= 4 is 13.8 Å². The number of quaternary nitrogens is 1. The predicted octanol–water partition coefficient (Wildman–Crippen LogP) is 13.6. The number of allylic oxidation sites excluding steroid dienone is 13. The fraction of sp³-hybridized carbons (Fsp3) is 0.688. The largest absolute Gasteiger partial charge is 0.498 e. The molecule has 0 radical (unpaired) electrons. The number of hydrogen-bond acceptors (Lipinski definition) is 6. The summed E-state index contributed by atoms with van der Waals surface area (Å²) < 4.78 is 34.6. The first-order valence-electron chi connectivity index (χ1n) is 22.4. The van der Waals surface area contributed by atoms with Gasteiger partial charge in [-0.1, -0.05) is 145 Å². The van der Waals surface area contributed by atoms with E-state index in [1.165, 1.54) is 96.3 Å². The monoisotopic (exact) mass is 819 g/mol. The molecule has 0 bridgehead atoms. The molecular formula is C48H85NO7P+. The van der Waals surface area contributed by atoms with E-state index in [4.69, 9.17) is 18.5 Å². The molecule has 0 aliphatic carbocycles. The Bertz CT molecular complexity index is 1180. The van der Waals surface area contributed by atoms with E-state index in [-0.39, 0.29) is 26.2 Å². The van der Waals surface area contributed by atoms with E-state index in [9.17, 15) is 14.3 Å². The minimum Gasteiger partial charge on any atom is -0.498 e. The van der Waals surface area contributed by atoms with Crippen molar-refractivity contribution in [3.8, 4) is 0 Å². The van der Waals surface area contributed by atoms with Crippen LogP contribution in [0, 0.1) is 0 Å². The van der Waals surface area contributed by atoms with Crippen LogP contribution in [0.4, 0.5) is 0 Å². The molecule has 0 aromatic heterocycles. The number of carbonyl (C=O) groups is 1. The van der Waals surface area contributed by atoms with Crippen LogP contribution in [0.25, 0.3) is 0 Å². The average Bonchev–Trinajstić information content (AvgIpc) is 3.16. The number of likely N-dealkylation sites (N-methyl/N-ethyl adjacent to an activating group) is 1. The SMILES string of the molecule is CCCCC/C=C\C/C=C\C/C=C\C/C=C\C/C=C\CCC(=O)O[C@H](CO/C=C\CCCCCCCC/C=C\CCCCCC)COP(=O)(O)OCC[N+](C)(C)C. The third-order valence-electron chi connectivity index (χ3n) is 9.01. The number of carbonyl (C=O) groups excluding carboxylic acids is 1. The van der Waals surface area contributed by atoms with Crippen molar-refractivity contribution < 1.29 is 37.3 Å². The van der Waals surface area contributed by atoms with Crippen molar-refractivity contribution in [3.05, 3.63) is 85.3 Å². The number of rotatable bonds is 40. The topological polar surface area (TPSA) is 91.3 Å². The van der Waals surface area contributed by atoms with Gasteiger partial charge in [0.15, 0.2) is 6.10 Å². The molecule has 0 saturated carbocycles. The molecule has 0 rings (SSSR count). The van der Waals surface area contributed by atoms with Crippen LogP contribution in [-0.2, 0) is 27.9 Å². The molecule has 1 unspecified atom stereocenters. The Morgan fingerprint density at radius 1 is 0.561 bits per heavy atom. The van der Waals surface area contributed by atoms with E-state index >= 15 is 0 Å². The predicted molar refractivity (Wildman–Crippen MR) is 242 cm³/mol. The zero-order chi connectivity index (χ0) is 42.0. The van der Waals surface area contributed by atoms with Gasteiger partial charge in [0.25, 0.3) is 0 Å². The second-order valence-corrected chi connectivity index (χ2v) is 17.2. The number of phosphoric acid groups is 1. The summed E-state index contributed by atoms with van der Waals surface area (Å²) in [5.41, 5.74) is 0. The third-order valence-corrected chi connectivity index (χ3v) is 9.99. The molecule has 8 nitrogen and oxygen atoms in total. The molecule has 0 spiro atoms. The van der Waals surface area contributed by atoms with Gasteiger partial charge < -0.3 is 18.9 Å². The maximum atomic E-state index is 12.7. The summed E-state index contributed by atoms with van der Waals surface area (Å²) in [7, 11) is 1.57. The number of phosphoric ester groups is 1. The minimum atomic E-state index is -4.32. The lowest BCUT2D eigenvalue weighted by Crippen LogP contribution is -2.37. The van der Waals surface area contributed by atoms with Gasteiger partial charge in [-0.15, -0.1) is 0 Å². The van der Waals surface area contributed by atoms with Crippen LogP contribution >= 0.6 is 7.82 Å². The first-order chi connectivity index (χ1) is 27.6. The van der Waals surface area contributed by atoms with E-state index in [1.807, 2.05) is 39.4 Å². The maximum Gasteiger partial charge on any atom is 0.472 e. The summed E-state index contributed by atoms with van der Waals surface area (Å²) in [6, 6.07) is 0. The van der Waals surface area contributed by atoms with Gasteiger partial charge >= 0.3 is 13.8 Å². The molecule has 0 aliphatic rings. The average molecular weight is 819 g/mol. The summed E-state index contributed by atoms with van der Waals surface area (Å²) in [4.78, 5) is 22.8. The summed E-state index contributed by atoms with van der Waals surface area (Å²) in [5.74, 6) is -0.421. The highest BCUT2D eigenvalue weighted by Gasteiger charge is 2.26. The number of nitrogens with zero attached hydrogens (tertiary/aromatic N) is 1. The van der Waals surface area contributed by atoms with Crippen molar-refractivity contribution in [2.24, 2.45) is 0 Å². The van der Waals surface area contributed by atoms with Gasteiger partial charge in [0, 0.05) is 6.42 Å². The van der Waals surface area contributed by atoms with Gasteiger partial charge in [-0.3, -0.25) is 13.8 Å². The number of ether oxygens (including phenoxy) is 2. The van der Waals surface area contributed by atoms with Crippen molar-refractivity contribution in [1.82, 2.24) is 0 Å². The molecule has 0 fully saturated rings. The summed E-state index contributed by atoms with van der Waals surface area (Å²) in [5, 5.41) is 0. The number of unbranched alkanes of at least 4 members (excludes halogenated alkanes) is 14. The molecule has 0 saturated heterocycles. The van der Waals surface area contributed by atoms with Crippen LogP contribution < -0.4 is 0 Å². The first-order valence-corrected chi connectivity index (χ1v) is 23.9. The van der Waals surface area contributed by atoms with E-state index in [2.05, 4.69) is 74.6 Å². The molecule has 0 aliphatic heterocycles. The number of hydrogen-bond donors (Lipinski definition) is 1. The molecule has 57 heavy (non-hydrogen) atoms. The lowest BCUT2D eigenvalue weighted by molar-refractivity contribution is -0.870. The zero-order valence-electron chi connectivity index (χ0n) is 37.0. The summed E-state index contributed by atoms with van der Waals surface area (Å²) in [6.45, 7) is 4.78. The van der Waals surface area contributed by atoms with Gasteiger partial charge in [-0.05, 0) is 89.5 Å². The second-order valence-electron chi connectivity index (χ2n) is 15.8. The van der Waals surface area contributed by atoms with Crippen LogP contribution in [0.15, 0.2) is 85.3 Å². The molecule has 0 heterocycles. The highest BCUT2D eigenvalue weighted by Crippen LogP contribution is 2.43. The molecule has 328 valence electrons. The van der Waals surface area contributed by atoms with Crippen LogP contribution in [0.3, 0.4) is 0 Å². The fourth-order valence-electron chi connectivity index (χ4n) is 5.49. The maximum absolute atomic E-state index is 12.7. The van der Waals surface area contributed by atoms with Gasteiger partial charge in [0.05, 0.1) is 34.0 Å². The van der Waals surface area contributed by atoms with Crippen LogP contribution in [0.2, 0.25) is 0 Å². The molecule has 0 aromatic rings. The van der Waals surface area contributed by atoms with E-state index in [1.54, 1.807) is 6.26 Å². The van der Waals surface area contributed by atoms with Gasteiger partial charge in [-0.25, -0.2) is 4.57 Å². The summed E-state index contributed by atoms with van der Waals surface area (Å²) >= 11 is 0. The smallest absolute Gasteiger partial charge is 0.472 e. The number of esters is 1. The lowest BCUT2D eigenvalue weighted by atomic mass is 10.1. The highest BCUT2D eigenvalue weighted by atomic mass is 31.2. The summed E-state index contributed by atoms with van der Waals surface area (Å²) in [6.07, 6.45) is 54.4. The molecule has 2 atom stereocenters. The standard InChI is InChI=1S/C48H84NO7P/c1-6-8-10-12-14-16-18-20-22-24-25-26-27-29-31-33-35-37-39-41-48(50)56-47(46-55-57(51,52)54-44-42-49(3,4)5)45-53-43-40-38-36-34-32-30-28-23-21-19-17-15-13-11-9-7-2/h14,16-17,19-20,22,25-26,29,31,35,37,40,43,47H,6-13,15,18,21,23-24,27-28,30,32-34,36,38-39,41-42,44-46H2,1-5H3/p+1/b16-14-,19-17-,22-20-,26-25-,31-29-,37-35-,43-40-/t47-/m1/s1. The van der Waals surface area contributed by atoms with E-state index < -0.39 is 19.9 Å². The van der Waals surface area contributed by atoms with Crippen LogP contribution in [0.5, 0.6) is 0 Å². The lowest BCUT2D eigenvalue weighted by Gasteiger charge is -2.24. The van der Waals surface area contributed by atoms with Crippen LogP contribution in [-0.4, -0.2) is 69.0 Å². The highest BCUT2D eigenvalue weighted by molar-refractivity contribution is 7.47. The van der Waals surface area contributed by atoms with E-state index in [0.717, 1.165) is 38.5 Å². The zero-order valence-corrected chi connectivity index (χ0v) is 37.9. The van der Waals surface area contributed by atoms with Gasteiger partial charge in [-0.2, -0.15) is 0 Å². The molecule has 0 amide bonds. The Balaban J connectivity index is 4.44. The quantitative estimate of drug-likeness (QED) is 0.0164. The van der Waals surface area contributed by atoms with E-state index in [0.29, 0.717) is 17.4 Å². The Hall–Kier alpha value is -2.48. The van der Waals surface area contributed by atoms with Gasteiger partial charge in [0.1, 0.15) is 19.8 Å². The first kappa shape index (κ1) is 54.5. The van der Waals surface area contributed by atoms with Crippen LogP contribution in [0.1, 0.15) is 162 Å². The Morgan fingerprint density at radius 2 is 0.982 bits per heavy atom. The Labute approximate surface area is 350 Å². The molecule has 0 aromatic carbocycles. The minimum absolute atomic E-state index is 0.0101. The van der Waals surface area contributed by atoms with Crippen molar-refractivity contribution in [1.29, 1.82) is 0 Å². The normalized spacial score (nSPS) is 14.5. The van der Waals surface area contributed by atoms with Crippen molar-refractivity contribution in [2.45, 2.75) is 168 Å². The van der Waals surface area contributed by atoms with Gasteiger partial charge in [0.2, 0.25) is 0 Å². The third kappa shape index (κ3) is 44.5. The fourth-order valence-corrected chi connectivity index (χ4v) is 6.24. The van der Waals surface area contributed by atoms with Crippen molar-refractivity contribution in [3.63, 3.8) is 0 Å². The molecule has 9 heteroatoms. The molecule has 1 N–H and O–H groups in total. The second kappa shape index (κ2) is 40.3. The molecular weight excluding hydrogens is 734 g/mol. The Kier molecular flexibility index (Phi) is 38.6. The Morgan fingerprint density at radius 3 is 1.51 bits per heavy atom. The van der Waals surface area contributed by atoms with Crippen molar-refractivity contribution in [2.75, 3.05) is 47.5 Å².